The lowest BCUT2D eigenvalue weighted by molar-refractivity contribution is 0.00445. The van der Waals surface area contributed by atoms with E-state index in [0.29, 0.717) is 47.4 Å². The first-order valence-corrected chi connectivity index (χ1v) is 9.84. The monoisotopic (exact) mass is 413 g/mol. The van der Waals surface area contributed by atoms with Crippen LogP contribution in [0.15, 0.2) is 18.3 Å². The topological polar surface area (TPSA) is 133 Å². The molecule has 4 atom stereocenters. The van der Waals surface area contributed by atoms with Crippen LogP contribution in [0.3, 0.4) is 0 Å². The average molecular weight is 413 g/mol. The molecular weight excluding hydrogens is 386 g/mol. The van der Waals surface area contributed by atoms with E-state index in [2.05, 4.69) is 37.4 Å². The minimum absolute atomic E-state index is 0.195. The van der Waals surface area contributed by atoms with E-state index >= 15 is 0 Å². The largest absolute Gasteiger partial charge is 0.481 e. The molecule has 0 unspecified atom stereocenters. The number of nitrogens with zero attached hydrogens (tertiary/aromatic N) is 3. The quantitative estimate of drug-likeness (QED) is 0.430. The normalized spacial score (nSPS) is 22.9. The Labute approximate surface area is 175 Å². The van der Waals surface area contributed by atoms with Gasteiger partial charge in [0.15, 0.2) is 0 Å². The summed E-state index contributed by atoms with van der Waals surface area (Å²) in [6.45, 7) is 4.23. The summed E-state index contributed by atoms with van der Waals surface area (Å²) in [7, 11) is 1.55. The second kappa shape index (κ2) is 9.71. The van der Waals surface area contributed by atoms with Crippen molar-refractivity contribution in [2.45, 2.75) is 38.5 Å². The van der Waals surface area contributed by atoms with Gasteiger partial charge in [-0.25, -0.2) is 9.97 Å². The summed E-state index contributed by atoms with van der Waals surface area (Å²) in [5.74, 6) is 7.15. The van der Waals surface area contributed by atoms with Gasteiger partial charge in [-0.3, -0.25) is 0 Å². The van der Waals surface area contributed by atoms with E-state index in [9.17, 15) is 15.3 Å². The molecule has 0 amide bonds. The number of aryl methyl sites for hydroxylation is 1. The second-order valence-corrected chi connectivity index (χ2v) is 7.14. The number of pyridine rings is 1. The third-order valence-corrected chi connectivity index (χ3v) is 5.06. The highest BCUT2D eigenvalue weighted by atomic mass is 16.5. The van der Waals surface area contributed by atoms with Gasteiger partial charge < -0.3 is 30.7 Å². The number of rotatable bonds is 6. The molecule has 1 fully saturated rings. The van der Waals surface area contributed by atoms with E-state index in [0.717, 1.165) is 0 Å². The molecule has 160 valence electrons. The summed E-state index contributed by atoms with van der Waals surface area (Å²) >= 11 is 0. The Hall–Kier alpha value is -2.93. The van der Waals surface area contributed by atoms with E-state index in [1.807, 2.05) is 13.8 Å². The average Bonchev–Trinajstić information content (AvgIpc) is 3.01. The highest BCUT2D eigenvalue weighted by Crippen LogP contribution is 2.30. The molecule has 0 bridgehead atoms. The molecule has 0 aliphatic heterocycles. The lowest BCUT2D eigenvalue weighted by Gasteiger charge is -2.20. The van der Waals surface area contributed by atoms with Gasteiger partial charge in [-0.05, 0) is 26.3 Å². The third-order valence-electron chi connectivity index (χ3n) is 5.06. The van der Waals surface area contributed by atoms with Crippen LogP contribution in [0, 0.1) is 24.7 Å². The van der Waals surface area contributed by atoms with E-state index in [4.69, 9.17) is 4.74 Å². The van der Waals surface area contributed by atoms with Crippen molar-refractivity contribution in [2.75, 3.05) is 30.9 Å². The molecule has 1 aliphatic carbocycles. The first kappa shape index (κ1) is 21.8. The fourth-order valence-corrected chi connectivity index (χ4v) is 3.40. The van der Waals surface area contributed by atoms with Gasteiger partial charge in [0.05, 0.1) is 30.5 Å². The van der Waals surface area contributed by atoms with Gasteiger partial charge in [-0.2, -0.15) is 4.98 Å². The molecule has 2 aromatic rings. The maximum atomic E-state index is 10.4. The fourth-order valence-electron chi connectivity index (χ4n) is 3.40. The van der Waals surface area contributed by atoms with Crippen LogP contribution in [0.2, 0.25) is 0 Å². The van der Waals surface area contributed by atoms with Crippen molar-refractivity contribution in [3.8, 4) is 17.7 Å². The Morgan fingerprint density at radius 1 is 1.20 bits per heavy atom. The lowest BCUT2D eigenvalue weighted by Crippen LogP contribution is -2.36. The maximum Gasteiger partial charge on any atom is 0.224 e. The van der Waals surface area contributed by atoms with Crippen molar-refractivity contribution in [2.24, 2.45) is 5.92 Å². The van der Waals surface area contributed by atoms with Crippen LogP contribution in [0.4, 0.5) is 11.8 Å². The van der Waals surface area contributed by atoms with Gasteiger partial charge in [0.25, 0.3) is 0 Å². The first-order chi connectivity index (χ1) is 14.5. The van der Waals surface area contributed by atoms with Gasteiger partial charge in [-0.15, -0.1) is 0 Å². The van der Waals surface area contributed by atoms with Crippen molar-refractivity contribution in [3.05, 3.63) is 35.2 Å². The zero-order chi connectivity index (χ0) is 21.7. The summed E-state index contributed by atoms with van der Waals surface area (Å²) < 4.78 is 5.06. The molecule has 2 heterocycles. The minimum Gasteiger partial charge on any atom is -0.481 e. The van der Waals surface area contributed by atoms with Crippen molar-refractivity contribution in [1.29, 1.82) is 0 Å². The molecular formula is C21H27N5O4. The Morgan fingerprint density at radius 2 is 2.00 bits per heavy atom. The molecule has 9 nitrogen and oxygen atoms in total. The highest BCUT2D eigenvalue weighted by Gasteiger charge is 2.41. The van der Waals surface area contributed by atoms with Crippen molar-refractivity contribution in [3.63, 3.8) is 0 Å². The van der Waals surface area contributed by atoms with E-state index in [1.54, 1.807) is 25.4 Å². The molecule has 1 aliphatic rings. The number of aromatic nitrogens is 3. The summed E-state index contributed by atoms with van der Waals surface area (Å²) in [5.41, 5.74) is 1.96. The molecule has 9 heteroatoms. The molecule has 0 saturated heterocycles. The van der Waals surface area contributed by atoms with Gasteiger partial charge >= 0.3 is 0 Å². The predicted molar refractivity (Wildman–Crippen MR) is 112 cm³/mol. The van der Waals surface area contributed by atoms with Crippen molar-refractivity contribution >= 4 is 11.8 Å². The van der Waals surface area contributed by atoms with Crippen molar-refractivity contribution < 1.29 is 20.1 Å². The van der Waals surface area contributed by atoms with Crippen LogP contribution in [0.5, 0.6) is 5.88 Å². The molecule has 2 aromatic heterocycles. The Balaban J connectivity index is 1.93. The summed E-state index contributed by atoms with van der Waals surface area (Å²) in [6, 6.07) is 3.06. The number of aliphatic hydroxyl groups excluding tert-OH is 3. The molecule has 1 saturated carbocycles. The van der Waals surface area contributed by atoms with Crippen LogP contribution in [0.1, 0.15) is 30.2 Å². The SMILES string of the molecule is CCNc1nc(C)c(C#Cc2ccc(OC)nc2)c(N[C@@H]2C[C@H](CO)[C@@H](O)[C@H]2O)n1. The summed E-state index contributed by atoms with van der Waals surface area (Å²) in [4.78, 5) is 13.1. The van der Waals surface area contributed by atoms with Gasteiger partial charge in [0.1, 0.15) is 11.9 Å². The van der Waals surface area contributed by atoms with Gasteiger partial charge in [0.2, 0.25) is 11.8 Å². The second-order valence-electron chi connectivity index (χ2n) is 7.14. The number of ether oxygens (including phenoxy) is 1. The van der Waals surface area contributed by atoms with Crippen LogP contribution in [-0.2, 0) is 0 Å². The fraction of sp³-hybridized carbons (Fsp3) is 0.476. The van der Waals surface area contributed by atoms with E-state index < -0.39 is 24.2 Å². The smallest absolute Gasteiger partial charge is 0.224 e. The van der Waals surface area contributed by atoms with Crippen LogP contribution in [0.25, 0.3) is 0 Å². The molecule has 30 heavy (non-hydrogen) atoms. The molecule has 5 N–H and O–H groups in total. The predicted octanol–water partition coefficient (Wildman–Crippen LogP) is 0.535. The first-order valence-electron chi connectivity index (χ1n) is 9.84. The van der Waals surface area contributed by atoms with Crippen molar-refractivity contribution in [1.82, 2.24) is 15.0 Å². The molecule has 0 aromatic carbocycles. The Kier molecular flexibility index (Phi) is 7.05. The zero-order valence-corrected chi connectivity index (χ0v) is 17.3. The molecule has 0 radical (unpaired) electrons. The highest BCUT2D eigenvalue weighted by molar-refractivity contribution is 5.60. The standard InChI is InChI=1S/C21H27N5O4/c1-4-22-21-24-12(2)15(7-5-13-6-8-17(30-3)23-10-13)20(26-21)25-16-9-14(11-27)18(28)19(16)29/h6,8,10,14,16,18-19,27-29H,4,9,11H2,1-3H3,(H2,22,24,25,26)/t14-,16-,18-,19+/m1/s1. The van der Waals surface area contributed by atoms with Gasteiger partial charge in [0, 0.05) is 36.9 Å². The van der Waals surface area contributed by atoms with Crippen LogP contribution in [-0.4, -0.2) is 68.8 Å². The van der Waals surface area contributed by atoms with Crippen LogP contribution < -0.4 is 15.4 Å². The molecule has 0 spiro atoms. The lowest BCUT2D eigenvalue weighted by atomic mass is 10.1. The maximum absolute atomic E-state index is 10.4. The summed E-state index contributed by atoms with van der Waals surface area (Å²) in [6.07, 6.45) is 0.00819. The zero-order valence-electron chi connectivity index (χ0n) is 17.3. The number of anilines is 2. The Bertz CT molecular complexity index is 925. The van der Waals surface area contributed by atoms with Gasteiger partial charge in [-0.1, -0.05) is 11.8 Å². The number of aliphatic hydroxyl groups is 3. The Morgan fingerprint density at radius 3 is 2.60 bits per heavy atom. The number of hydrogen-bond donors (Lipinski definition) is 5. The van der Waals surface area contributed by atoms with Crippen LogP contribution >= 0.6 is 0 Å². The molecule has 3 rings (SSSR count). The number of hydrogen-bond acceptors (Lipinski definition) is 9. The summed E-state index contributed by atoms with van der Waals surface area (Å²) in [5, 5.41) is 36.2. The third kappa shape index (κ3) is 4.79. The number of methoxy groups -OCH3 is 1. The minimum atomic E-state index is -1.02. The van der Waals surface area contributed by atoms with E-state index in [1.165, 1.54) is 0 Å². The van der Waals surface area contributed by atoms with E-state index in [-0.39, 0.29) is 6.61 Å². The number of nitrogens with one attached hydrogen (secondary N) is 2.